The average Bonchev–Trinajstić information content (AvgIpc) is 2.24. The lowest BCUT2D eigenvalue weighted by molar-refractivity contribution is 0.123. The molecule has 0 N–H and O–H groups in total. The van der Waals surface area contributed by atoms with Crippen LogP contribution in [-0.2, 0) is 13.3 Å². The molecule has 0 radical (unpaired) electrons. The first-order valence-corrected chi connectivity index (χ1v) is 6.94. The number of rotatable bonds is 8. The minimum absolute atomic E-state index is 0.897. The van der Waals surface area contributed by atoms with E-state index in [1.54, 1.807) is 21.3 Å². The van der Waals surface area contributed by atoms with Crippen molar-refractivity contribution >= 4 is 8.80 Å². The van der Waals surface area contributed by atoms with Gasteiger partial charge in [-0.15, -0.1) is 0 Å². The monoisotopic (exact) mass is 218 g/mol. The molecule has 0 spiro atoms. The fourth-order valence-corrected chi connectivity index (χ4v) is 3.12. The molecule has 14 heavy (non-hydrogen) atoms. The van der Waals surface area contributed by atoms with Gasteiger partial charge >= 0.3 is 8.80 Å². The van der Waals surface area contributed by atoms with Crippen LogP contribution in [0, 0.1) is 0 Å². The van der Waals surface area contributed by atoms with Gasteiger partial charge in [0.15, 0.2) is 0 Å². The minimum Gasteiger partial charge on any atom is -0.377 e. The second kappa shape index (κ2) is 8.17. The van der Waals surface area contributed by atoms with Gasteiger partial charge in [-0.2, -0.15) is 0 Å². The maximum absolute atomic E-state index is 5.32. The van der Waals surface area contributed by atoms with Crippen LogP contribution in [0.4, 0.5) is 0 Å². The first-order chi connectivity index (χ1) is 6.74. The smallest absolute Gasteiger partial charge is 0.377 e. The number of allylic oxidation sites excluding steroid dienone is 2. The summed E-state index contributed by atoms with van der Waals surface area (Å²) < 4.78 is 16.0. The molecule has 0 aromatic carbocycles. The lowest BCUT2D eigenvalue weighted by Gasteiger charge is -2.24. The summed E-state index contributed by atoms with van der Waals surface area (Å²) in [6.07, 6.45) is 7.63. The summed E-state index contributed by atoms with van der Waals surface area (Å²) >= 11 is 0. The van der Waals surface area contributed by atoms with Gasteiger partial charge in [0.2, 0.25) is 0 Å². The molecule has 0 aromatic rings. The third kappa shape index (κ3) is 4.90. The van der Waals surface area contributed by atoms with Crippen LogP contribution in [0.2, 0.25) is 6.04 Å². The Morgan fingerprint density at radius 1 is 1.00 bits per heavy atom. The third-order valence-corrected chi connectivity index (χ3v) is 5.10. The fraction of sp³-hybridized carbons (Fsp3) is 0.800. The van der Waals surface area contributed by atoms with Crippen molar-refractivity contribution in [1.29, 1.82) is 0 Å². The SMILES string of the molecule is C/C=C/CCCC[Si](OC)(OC)OC. The summed E-state index contributed by atoms with van der Waals surface area (Å²) in [6.45, 7) is 2.04. The second-order valence-corrected chi connectivity index (χ2v) is 6.20. The van der Waals surface area contributed by atoms with Gasteiger partial charge in [0, 0.05) is 27.4 Å². The Labute approximate surface area is 88.4 Å². The molecule has 0 bridgehead atoms. The van der Waals surface area contributed by atoms with Crippen LogP contribution in [0.3, 0.4) is 0 Å². The van der Waals surface area contributed by atoms with Crippen molar-refractivity contribution in [2.45, 2.75) is 32.2 Å². The average molecular weight is 218 g/mol. The van der Waals surface area contributed by atoms with E-state index in [2.05, 4.69) is 12.2 Å². The van der Waals surface area contributed by atoms with Gasteiger partial charge < -0.3 is 13.3 Å². The molecule has 0 unspecified atom stereocenters. The number of hydrogen-bond donors (Lipinski definition) is 0. The molecule has 0 aliphatic carbocycles. The van der Waals surface area contributed by atoms with Gasteiger partial charge in [-0.25, -0.2) is 0 Å². The maximum Gasteiger partial charge on any atom is 0.500 e. The Morgan fingerprint density at radius 2 is 1.57 bits per heavy atom. The number of hydrogen-bond acceptors (Lipinski definition) is 3. The van der Waals surface area contributed by atoms with Crippen molar-refractivity contribution in [2.24, 2.45) is 0 Å². The zero-order valence-corrected chi connectivity index (χ0v) is 10.7. The van der Waals surface area contributed by atoms with Crippen molar-refractivity contribution in [3.63, 3.8) is 0 Å². The Morgan fingerprint density at radius 3 is 2.00 bits per heavy atom. The molecule has 0 saturated heterocycles. The Kier molecular flexibility index (Phi) is 8.08. The molecule has 0 aromatic heterocycles. The van der Waals surface area contributed by atoms with Crippen LogP contribution in [0.1, 0.15) is 26.2 Å². The summed E-state index contributed by atoms with van der Waals surface area (Å²) in [5, 5.41) is 0. The highest BCUT2D eigenvalue weighted by atomic mass is 28.4. The van der Waals surface area contributed by atoms with Crippen molar-refractivity contribution in [3.05, 3.63) is 12.2 Å². The van der Waals surface area contributed by atoms with Crippen molar-refractivity contribution in [2.75, 3.05) is 21.3 Å². The fourth-order valence-electron chi connectivity index (χ4n) is 1.33. The van der Waals surface area contributed by atoms with Crippen LogP contribution in [-0.4, -0.2) is 30.1 Å². The second-order valence-electron chi connectivity index (χ2n) is 3.11. The minimum atomic E-state index is -2.30. The summed E-state index contributed by atoms with van der Waals surface area (Å²) in [5.74, 6) is 0. The van der Waals surface area contributed by atoms with E-state index in [9.17, 15) is 0 Å². The highest BCUT2D eigenvalue weighted by Gasteiger charge is 2.36. The molecule has 0 aliphatic heterocycles. The Bertz CT molecular complexity index is 147. The highest BCUT2D eigenvalue weighted by molar-refractivity contribution is 6.60. The van der Waals surface area contributed by atoms with E-state index < -0.39 is 8.80 Å². The molecule has 0 fully saturated rings. The summed E-state index contributed by atoms with van der Waals surface area (Å²) in [7, 11) is 2.67. The molecule has 0 aliphatic rings. The van der Waals surface area contributed by atoms with Gasteiger partial charge in [0.1, 0.15) is 0 Å². The summed E-state index contributed by atoms with van der Waals surface area (Å²) in [5.41, 5.74) is 0. The third-order valence-electron chi connectivity index (χ3n) is 2.27. The Balaban J connectivity index is 3.71. The largest absolute Gasteiger partial charge is 0.500 e. The summed E-state index contributed by atoms with van der Waals surface area (Å²) in [6, 6.07) is 0.897. The lowest BCUT2D eigenvalue weighted by Crippen LogP contribution is -2.42. The zero-order valence-electron chi connectivity index (χ0n) is 9.71. The molecule has 0 saturated carbocycles. The number of unbranched alkanes of at least 4 members (excludes halogenated alkanes) is 2. The van der Waals surface area contributed by atoms with Crippen molar-refractivity contribution in [3.8, 4) is 0 Å². The van der Waals surface area contributed by atoms with E-state index in [4.69, 9.17) is 13.3 Å². The van der Waals surface area contributed by atoms with Gasteiger partial charge in [0.25, 0.3) is 0 Å². The van der Waals surface area contributed by atoms with E-state index >= 15 is 0 Å². The molecule has 3 nitrogen and oxygen atoms in total. The van der Waals surface area contributed by atoms with Crippen LogP contribution in [0.15, 0.2) is 12.2 Å². The molecular formula is C10H22O3Si. The highest BCUT2D eigenvalue weighted by Crippen LogP contribution is 2.17. The van der Waals surface area contributed by atoms with E-state index in [1.165, 1.54) is 0 Å². The molecule has 0 rings (SSSR count). The van der Waals surface area contributed by atoms with Crippen LogP contribution in [0.5, 0.6) is 0 Å². The maximum atomic E-state index is 5.32. The zero-order chi connectivity index (χ0) is 10.9. The van der Waals surface area contributed by atoms with Gasteiger partial charge in [0.05, 0.1) is 0 Å². The van der Waals surface area contributed by atoms with E-state index in [0.717, 1.165) is 25.3 Å². The summed E-state index contributed by atoms with van der Waals surface area (Å²) in [4.78, 5) is 0. The van der Waals surface area contributed by atoms with Gasteiger partial charge in [-0.1, -0.05) is 12.2 Å². The molecule has 4 heteroatoms. The molecule has 0 heterocycles. The van der Waals surface area contributed by atoms with E-state index in [-0.39, 0.29) is 0 Å². The van der Waals surface area contributed by atoms with E-state index in [1.807, 2.05) is 6.92 Å². The van der Waals surface area contributed by atoms with Gasteiger partial charge in [-0.3, -0.25) is 0 Å². The topological polar surface area (TPSA) is 27.7 Å². The quantitative estimate of drug-likeness (QED) is 0.356. The molecular weight excluding hydrogens is 196 g/mol. The van der Waals surface area contributed by atoms with Crippen LogP contribution in [0.25, 0.3) is 0 Å². The van der Waals surface area contributed by atoms with Crippen LogP contribution >= 0.6 is 0 Å². The van der Waals surface area contributed by atoms with Gasteiger partial charge in [-0.05, 0) is 26.2 Å². The lowest BCUT2D eigenvalue weighted by atomic mass is 10.2. The molecule has 84 valence electrons. The molecule has 0 atom stereocenters. The molecule has 0 amide bonds. The predicted octanol–water partition coefficient (Wildman–Crippen LogP) is 2.61. The Hall–Kier alpha value is -0.163. The van der Waals surface area contributed by atoms with Crippen LogP contribution < -0.4 is 0 Å². The standard InChI is InChI=1S/C10H22O3Si/c1-5-6-7-8-9-10-14(11-2,12-3)13-4/h5-6H,7-10H2,1-4H3/b6-5+. The predicted molar refractivity (Wildman–Crippen MR) is 60.3 cm³/mol. The van der Waals surface area contributed by atoms with Crippen molar-refractivity contribution < 1.29 is 13.3 Å². The van der Waals surface area contributed by atoms with E-state index in [0.29, 0.717) is 0 Å². The van der Waals surface area contributed by atoms with Crippen molar-refractivity contribution in [1.82, 2.24) is 0 Å². The normalized spacial score (nSPS) is 12.6. The first kappa shape index (κ1) is 13.8. The first-order valence-electron chi connectivity index (χ1n) is 5.01.